The summed E-state index contributed by atoms with van der Waals surface area (Å²) in [4.78, 5) is 28.3. The molecule has 0 bridgehead atoms. The van der Waals surface area contributed by atoms with E-state index in [9.17, 15) is 9.59 Å². The van der Waals surface area contributed by atoms with Gasteiger partial charge in [-0.2, -0.15) is 4.99 Å². The Balaban J connectivity index is 1.80. The summed E-state index contributed by atoms with van der Waals surface area (Å²) in [5.41, 5.74) is 2.58. The highest BCUT2D eigenvalue weighted by molar-refractivity contribution is 7.78. The molecule has 1 amide bonds. The Labute approximate surface area is 177 Å². The van der Waals surface area contributed by atoms with E-state index in [1.165, 1.54) is 6.92 Å². The molecule has 0 aliphatic carbocycles. The van der Waals surface area contributed by atoms with Crippen LogP contribution in [0.25, 0.3) is 0 Å². The van der Waals surface area contributed by atoms with Crippen LogP contribution in [0.3, 0.4) is 0 Å². The predicted octanol–water partition coefficient (Wildman–Crippen LogP) is 4.95. The van der Waals surface area contributed by atoms with Crippen LogP contribution in [-0.2, 0) is 15.1 Å². The number of isothiocyanates is 1. The third-order valence-electron chi connectivity index (χ3n) is 5.19. The van der Waals surface area contributed by atoms with Gasteiger partial charge in [0.1, 0.15) is 11.5 Å². The van der Waals surface area contributed by atoms with Gasteiger partial charge in [-0.05, 0) is 42.5 Å². The molecule has 0 saturated carbocycles. The Morgan fingerprint density at radius 2 is 1.77 bits per heavy atom. The molecule has 1 atom stereocenters. The number of thiocarbonyl (C=S) groups is 1. The molecule has 3 aromatic carbocycles. The molecular weight excluding hydrogens is 400 g/mol. The molecule has 30 heavy (non-hydrogen) atoms. The second kappa shape index (κ2) is 6.62. The quantitative estimate of drug-likeness (QED) is 0.365. The van der Waals surface area contributed by atoms with Gasteiger partial charge in [-0.1, -0.05) is 18.2 Å². The minimum Gasteiger partial charge on any atom is -0.456 e. The first-order valence-corrected chi connectivity index (χ1v) is 9.59. The number of rotatable bonds is 2. The molecule has 1 spiro atoms. The number of carbonyl (C=O) groups is 2. The Morgan fingerprint density at radius 3 is 2.53 bits per heavy atom. The van der Waals surface area contributed by atoms with Crippen molar-refractivity contribution in [3.8, 4) is 11.5 Å². The van der Waals surface area contributed by atoms with Gasteiger partial charge in [0, 0.05) is 41.4 Å². The Bertz CT molecular complexity index is 1300. The standard InChI is InChI=1S/C23H14N2O4S/c1-13(26)25-15-7-9-19-21(11-15)28-20-10-14(24-12-30)6-8-18(20)23(19)17-5-3-2-4-16(17)22(27)29-23/h2-11H,1H3,(H,25,26). The molecule has 5 rings (SSSR count). The first-order chi connectivity index (χ1) is 14.5. The van der Waals surface area contributed by atoms with E-state index in [2.05, 4.69) is 15.5 Å². The fraction of sp³-hybridized carbons (Fsp3) is 0.0870. The molecule has 0 aromatic heterocycles. The number of carbonyl (C=O) groups excluding carboxylic acids is 2. The summed E-state index contributed by atoms with van der Waals surface area (Å²) in [6.45, 7) is 1.43. The summed E-state index contributed by atoms with van der Waals surface area (Å²) in [5.74, 6) is 0.354. The smallest absolute Gasteiger partial charge is 0.340 e. The van der Waals surface area contributed by atoms with Gasteiger partial charge in [-0.3, -0.25) is 4.79 Å². The van der Waals surface area contributed by atoms with Crippen LogP contribution in [0.4, 0.5) is 11.4 Å². The maximum Gasteiger partial charge on any atom is 0.340 e. The van der Waals surface area contributed by atoms with Crippen molar-refractivity contribution in [2.45, 2.75) is 12.5 Å². The van der Waals surface area contributed by atoms with Crippen LogP contribution < -0.4 is 10.1 Å². The summed E-state index contributed by atoms with van der Waals surface area (Å²) in [7, 11) is 0. The number of aliphatic imine (C=N–C) groups is 1. The van der Waals surface area contributed by atoms with Gasteiger partial charge in [-0.15, -0.1) is 0 Å². The van der Waals surface area contributed by atoms with E-state index in [4.69, 9.17) is 21.7 Å². The monoisotopic (exact) mass is 414 g/mol. The summed E-state index contributed by atoms with van der Waals surface area (Å²) >= 11 is 4.71. The summed E-state index contributed by atoms with van der Waals surface area (Å²) in [6.07, 6.45) is 0. The van der Waals surface area contributed by atoms with Gasteiger partial charge < -0.3 is 14.8 Å². The van der Waals surface area contributed by atoms with Crippen LogP contribution in [-0.4, -0.2) is 17.0 Å². The largest absolute Gasteiger partial charge is 0.456 e. The molecule has 2 aliphatic heterocycles. The van der Waals surface area contributed by atoms with Crippen molar-refractivity contribution in [3.63, 3.8) is 0 Å². The Hall–Kier alpha value is -3.80. The van der Waals surface area contributed by atoms with Crippen molar-refractivity contribution in [1.82, 2.24) is 0 Å². The summed E-state index contributed by atoms with van der Waals surface area (Å²) < 4.78 is 12.2. The van der Waals surface area contributed by atoms with E-state index >= 15 is 0 Å². The van der Waals surface area contributed by atoms with Crippen LogP contribution in [0, 0.1) is 0 Å². The normalized spacial score (nSPS) is 17.7. The number of anilines is 1. The minimum absolute atomic E-state index is 0.198. The van der Waals surface area contributed by atoms with Crippen molar-refractivity contribution in [2.24, 2.45) is 4.99 Å². The van der Waals surface area contributed by atoms with E-state index < -0.39 is 11.6 Å². The Morgan fingerprint density at radius 1 is 1.03 bits per heavy atom. The van der Waals surface area contributed by atoms with E-state index in [0.29, 0.717) is 39.6 Å². The lowest BCUT2D eigenvalue weighted by Crippen LogP contribution is -2.33. The highest BCUT2D eigenvalue weighted by Crippen LogP contribution is 2.56. The molecule has 1 N–H and O–H groups in total. The van der Waals surface area contributed by atoms with Gasteiger partial charge in [-0.25, -0.2) is 4.79 Å². The van der Waals surface area contributed by atoms with Crippen molar-refractivity contribution in [1.29, 1.82) is 0 Å². The van der Waals surface area contributed by atoms with E-state index in [0.717, 1.165) is 5.56 Å². The average Bonchev–Trinajstić information content (AvgIpc) is 3.01. The minimum atomic E-state index is -1.16. The second-order valence-corrected chi connectivity index (χ2v) is 7.18. The van der Waals surface area contributed by atoms with Gasteiger partial charge in [0.2, 0.25) is 5.91 Å². The number of esters is 1. The first-order valence-electron chi connectivity index (χ1n) is 9.18. The van der Waals surface area contributed by atoms with Crippen LogP contribution in [0.2, 0.25) is 0 Å². The number of nitrogens with zero attached hydrogens (tertiary/aromatic N) is 1. The number of fused-ring (bicyclic) bond motifs is 6. The highest BCUT2D eigenvalue weighted by atomic mass is 32.1. The molecule has 1 unspecified atom stereocenters. The van der Waals surface area contributed by atoms with E-state index in [1.807, 2.05) is 24.3 Å². The zero-order valence-corrected chi connectivity index (χ0v) is 16.6. The fourth-order valence-corrected chi connectivity index (χ4v) is 4.17. The average molecular weight is 414 g/mol. The van der Waals surface area contributed by atoms with Crippen LogP contribution in [0.15, 0.2) is 65.7 Å². The number of amides is 1. The van der Waals surface area contributed by atoms with Gasteiger partial charge in [0.05, 0.1) is 16.4 Å². The predicted molar refractivity (Wildman–Crippen MR) is 114 cm³/mol. The molecule has 3 aromatic rings. The van der Waals surface area contributed by atoms with Crippen LogP contribution in [0.5, 0.6) is 11.5 Å². The Kier molecular flexibility index (Phi) is 4.03. The van der Waals surface area contributed by atoms with Gasteiger partial charge in [0.25, 0.3) is 0 Å². The number of nitrogens with one attached hydrogen (secondary N) is 1. The van der Waals surface area contributed by atoms with Crippen molar-refractivity contribution in [3.05, 3.63) is 82.9 Å². The molecule has 2 heterocycles. The molecule has 0 radical (unpaired) electrons. The SMILES string of the molecule is CC(=O)Nc1ccc2c(c1)Oc1cc(N=C=S)ccc1C21OC(=O)c2ccccc21. The van der Waals surface area contributed by atoms with Gasteiger partial charge in [0.15, 0.2) is 5.60 Å². The van der Waals surface area contributed by atoms with E-state index in [-0.39, 0.29) is 5.91 Å². The molecule has 0 fully saturated rings. The molecule has 7 heteroatoms. The molecular formula is C23H14N2O4S. The van der Waals surface area contributed by atoms with Crippen molar-refractivity contribution < 1.29 is 19.1 Å². The van der Waals surface area contributed by atoms with Crippen molar-refractivity contribution >= 4 is 40.6 Å². The molecule has 146 valence electrons. The summed E-state index contributed by atoms with van der Waals surface area (Å²) in [6, 6.07) is 17.9. The number of benzene rings is 3. The molecule has 2 aliphatic rings. The summed E-state index contributed by atoms with van der Waals surface area (Å²) in [5, 5.41) is 5.09. The second-order valence-electron chi connectivity index (χ2n) is 6.99. The maximum atomic E-state index is 12.8. The van der Waals surface area contributed by atoms with Crippen molar-refractivity contribution in [2.75, 3.05) is 5.32 Å². The number of hydrogen-bond acceptors (Lipinski definition) is 6. The van der Waals surface area contributed by atoms with Crippen LogP contribution >= 0.6 is 12.2 Å². The zero-order chi connectivity index (χ0) is 20.9. The topological polar surface area (TPSA) is 77.0 Å². The third-order valence-corrected chi connectivity index (χ3v) is 5.28. The van der Waals surface area contributed by atoms with Gasteiger partial charge >= 0.3 is 5.97 Å². The first kappa shape index (κ1) is 18.2. The lowest BCUT2D eigenvalue weighted by molar-refractivity contribution is -0.114. The zero-order valence-electron chi connectivity index (χ0n) is 15.8. The highest BCUT2D eigenvalue weighted by Gasteiger charge is 2.53. The lowest BCUT2D eigenvalue weighted by Gasteiger charge is -2.36. The van der Waals surface area contributed by atoms with Crippen LogP contribution in [0.1, 0.15) is 34.0 Å². The maximum absolute atomic E-state index is 12.8. The fourth-order valence-electron chi connectivity index (χ4n) is 4.07. The molecule has 0 saturated heterocycles. The van der Waals surface area contributed by atoms with E-state index in [1.54, 1.807) is 36.4 Å². The number of hydrogen-bond donors (Lipinski definition) is 1. The lowest BCUT2D eigenvalue weighted by atomic mass is 9.77. The number of ether oxygens (including phenoxy) is 2. The third kappa shape index (κ3) is 2.57. The molecule has 6 nitrogen and oxygen atoms in total.